The van der Waals surface area contributed by atoms with Gasteiger partial charge in [0.05, 0.1) is 5.92 Å². The highest BCUT2D eigenvalue weighted by Crippen LogP contribution is 2.43. The molecule has 1 aliphatic carbocycles. The number of carboxylic acids is 1. The standard InChI is InChI=1S/C7H13NO2/c1-7(2)3-4(5(7)8)6(9)10/h4-5H,3,8H2,1-2H3,(H,9,10)/t4-,5+/m0/s1. The van der Waals surface area contributed by atoms with Gasteiger partial charge in [-0.2, -0.15) is 0 Å². The van der Waals surface area contributed by atoms with E-state index in [9.17, 15) is 4.79 Å². The first-order valence-corrected chi connectivity index (χ1v) is 3.43. The highest BCUT2D eigenvalue weighted by molar-refractivity contribution is 5.72. The Morgan fingerprint density at radius 2 is 2.20 bits per heavy atom. The van der Waals surface area contributed by atoms with Crippen LogP contribution in [-0.2, 0) is 4.79 Å². The lowest BCUT2D eigenvalue weighted by molar-refractivity contribution is -0.150. The first kappa shape index (κ1) is 7.54. The van der Waals surface area contributed by atoms with Gasteiger partial charge >= 0.3 is 5.97 Å². The molecule has 3 N–H and O–H groups in total. The molecule has 1 saturated carbocycles. The van der Waals surface area contributed by atoms with Crippen LogP contribution in [0.25, 0.3) is 0 Å². The fourth-order valence-electron chi connectivity index (χ4n) is 1.45. The topological polar surface area (TPSA) is 63.3 Å². The van der Waals surface area contributed by atoms with Crippen LogP contribution in [0.15, 0.2) is 0 Å². The lowest BCUT2D eigenvalue weighted by atomic mass is 9.60. The Morgan fingerprint density at radius 1 is 1.70 bits per heavy atom. The minimum absolute atomic E-state index is 0.0308. The molecule has 3 heteroatoms. The summed E-state index contributed by atoms with van der Waals surface area (Å²) < 4.78 is 0. The zero-order chi connectivity index (χ0) is 7.94. The Labute approximate surface area is 60.2 Å². The van der Waals surface area contributed by atoms with Gasteiger partial charge in [-0.1, -0.05) is 13.8 Å². The van der Waals surface area contributed by atoms with E-state index in [2.05, 4.69) is 0 Å². The largest absolute Gasteiger partial charge is 0.481 e. The van der Waals surface area contributed by atoms with Crippen LogP contribution in [0.2, 0.25) is 0 Å². The molecule has 0 amide bonds. The smallest absolute Gasteiger partial charge is 0.308 e. The van der Waals surface area contributed by atoms with Gasteiger partial charge in [-0.05, 0) is 11.8 Å². The molecule has 2 atom stereocenters. The molecule has 1 fully saturated rings. The van der Waals surface area contributed by atoms with Crippen molar-refractivity contribution in [2.24, 2.45) is 17.1 Å². The molecule has 0 heterocycles. The molecule has 0 bridgehead atoms. The first-order valence-electron chi connectivity index (χ1n) is 3.43. The van der Waals surface area contributed by atoms with Crippen molar-refractivity contribution < 1.29 is 9.90 Å². The van der Waals surface area contributed by atoms with Gasteiger partial charge < -0.3 is 10.8 Å². The molecule has 10 heavy (non-hydrogen) atoms. The summed E-state index contributed by atoms with van der Waals surface area (Å²) in [6.07, 6.45) is 0.712. The summed E-state index contributed by atoms with van der Waals surface area (Å²) in [5, 5.41) is 8.56. The third-order valence-corrected chi connectivity index (χ3v) is 2.40. The fraction of sp³-hybridized carbons (Fsp3) is 0.857. The summed E-state index contributed by atoms with van der Waals surface area (Å²) in [6.45, 7) is 3.99. The van der Waals surface area contributed by atoms with E-state index in [4.69, 9.17) is 10.8 Å². The van der Waals surface area contributed by atoms with Crippen molar-refractivity contribution in [3.05, 3.63) is 0 Å². The van der Waals surface area contributed by atoms with E-state index in [1.807, 2.05) is 13.8 Å². The number of rotatable bonds is 1. The van der Waals surface area contributed by atoms with Crippen LogP contribution in [-0.4, -0.2) is 17.1 Å². The van der Waals surface area contributed by atoms with Gasteiger partial charge in [0.25, 0.3) is 0 Å². The SMILES string of the molecule is CC1(C)C[C@H](C(=O)O)[C@H]1N. The average Bonchev–Trinajstić information content (AvgIpc) is 1.82. The van der Waals surface area contributed by atoms with E-state index in [0.29, 0.717) is 6.42 Å². The molecule has 1 aliphatic rings. The van der Waals surface area contributed by atoms with Crippen LogP contribution >= 0.6 is 0 Å². The summed E-state index contributed by atoms with van der Waals surface area (Å²) in [5.41, 5.74) is 5.65. The molecule has 0 aromatic heterocycles. The van der Waals surface area contributed by atoms with Crippen LogP contribution in [0.1, 0.15) is 20.3 Å². The molecule has 0 aromatic rings. The maximum atomic E-state index is 10.4. The van der Waals surface area contributed by atoms with Gasteiger partial charge in [-0.25, -0.2) is 0 Å². The van der Waals surface area contributed by atoms with E-state index < -0.39 is 5.97 Å². The van der Waals surface area contributed by atoms with Crippen molar-refractivity contribution in [1.29, 1.82) is 0 Å². The Hall–Kier alpha value is -0.570. The Morgan fingerprint density at radius 3 is 2.30 bits per heavy atom. The zero-order valence-electron chi connectivity index (χ0n) is 6.29. The lowest BCUT2D eigenvalue weighted by Crippen LogP contribution is -2.57. The highest BCUT2D eigenvalue weighted by atomic mass is 16.4. The van der Waals surface area contributed by atoms with Gasteiger partial charge in [-0.15, -0.1) is 0 Å². The fourth-order valence-corrected chi connectivity index (χ4v) is 1.45. The van der Waals surface area contributed by atoms with Crippen LogP contribution < -0.4 is 5.73 Å². The Balaban J connectivity index is 2.55. The molecule has 0 radical (unpaired) electrons. The molecular weight excluding hydrogens is 130 g/mol. The second-order valence-electron chi connectivity index (χ2n) is 3.66. The van der Waals surface area contributed by atoms with Crippen molar-refractivity contribution >= 4 is 5.97 Å². The number of nitrogens with two attached hydrogens (primary N) is 1. The second-order valence-corrected chi connectivity index (χ2v) is 3.66. The molecule has 0 spiro atoms. The van der Waals surface area contributed by atoms with E-state index >= 15 is 0 Å². The molecule has 0 saturated heterocycles. The number of aliphatic carboxylic acids is 1. The third-order valence-electron chi connectivity index (χ3n) is 2.40. The van der Waals surface area contributed by atoms with Gasteiger partial charge in [0.15, 0.2) is 0 Å². The molecule has 0 aliphatic heterocycles. The summed E-state index contributed by atoms with van der Waals surface area (Å²) in [5.74, 6) is -1.07. The van der Waals surface area contributed by atoms with Crippen molar-refractivity contribution in [2.75, 3.05) is 0 Å². The molecule has 0 aromatic carbocycles. The molecule has 1 rings (SSSR count). The number of carbonyl (C=O) groups is 1. The summed E-state index contributed by atoms with van der Waals surface area (Å²) >= 11 is 0. The summed E-state index contributed by atoms with van der Waals surface area (Å²) in [4.78, 5) is 10.4. The van der Waals surface area contributed by atoms with E-state index in [1.54, 1.807) is 0 Å². The molecule has 3 nitrogen and oxygen atoms in total. The maximum absolute atomic E-state index is 10.4. The minimum atomic E-state index is -0.758. The van der Waals surface area contributed by atoms with Crippen LogP contribution in [0.4, 0.5) is 0 Å². The Kier molecular flexibility index (Phi) is 1.47. The van der Waals surface area contributed by atoms with E-state index in [0.717, 1.165) is 0 Å². The van der Waals surface area contributed by atoms with Crippen LogP contribution in [0.3, 0.4) is 0 Å². The van der Waals surface area contributed by atoms with Crippen LogP contribution in [0.5, 0.6) is 0 Å². The zero-order valence-corrected chi connectivity index (χ0v) is 6.29. The third kappa shape index (κ3) is 0.904. The number of carboxylic acid groups (broad SMARTS) is 1. The second kappa shape index (κ2) is 1.95. The Bertz CT molecular complexity index is 165. The molecule has 58 valence electrons. The minimum Gasteiger partial charge on any atom is -0.481 e. The van der Waals surface area contributed by atoms with E-state index in [1.165, 1.54) is 0 Å². The predicted octanol–water partition coefficient (Wildman–Crippen LogP) is 0.444. The van der Waals surface area contributed by atoms with Crippen LogP contribution in [0, 0.1) is 11.3 Å². The van der Waals surface area contributed by atoms with Crippen molar-refractivity contribution in [2.45, 2.75) is 26.3 Å². The molecular formula is C7H13NO2. The number of hydrogen-bond donors (Lipinski definition) is 2. The molecule has 0 unspecified atom stereocenters. The maximum Gasteiger partial charge on any atom is 0.308 e. The quantitative estimate of drug-likeness (QED) is 0.560. The van der Waals surface area contributed by atoms with Crippen molar-refractivity contribution in [3.63, 3.8) is 0 Å². The number of hydrogen-bond acceptors (Lipinski definition) is 2. The van der Waals surface area contributed by atoms with Crippen molar-refractivity contribution in [3.8, 4) is 0 Å². The lowest BCUT2D eigenvalue weighted by Gasteiger charge is -2.47. The van der Waals surface area contributed by atoms with Gasteiger partial charge in [-0.3, -0.25) is 4.79 Å². The van der Waals surface area contributed by atoms with Crippen molar-refractivity contribution in [1.82, 2.24) is 0 Å². The average molecular weight is 143 g/mol. The van der Waals surface area contributed by atoms with Gasteiger partial charge in [0.1, 0.15) is 0 Å². The predicted molar refractivity (Wildman–Crippen MR) is 37.5 cm³/mol. The first-order chi connectivity index (χ1) is 4.45. The van der Waals surface area contributed by atoms with E-state index in [-0.39, 0.29) is 17.4 Å². The summed E-state index contributed by atoms with van der Waals surface area (Å²) in [6, 6.07) is -0.162. The van der Waals surface area contributed by atoms with Gasteiger partial charge in [0.2, 0.25) is 0 Å². The monoisotopic (exact) mass is 143 g/mol. The normalized spacial score (nSPS) is 36.7. The summed E-state index contributed by atoms with van der Waals surface area (Å²) in [7, 11) is 0. The van der Waals surface area contributed by atoms with Gasteiger partial charge in [0, 0.05) is 6.04 Å². The highest BCUT2D eigenvalue weighted by Gasteiger charge is 2.48.